The lowest BCUT2D eigenvalue weighted by molar-refractivity contribution is -0.140. The van der Waals surface area contributed by atoms with Gasteiger partial charge in [-0.05, 0) is 30.6 Å². The largest absolute Gasteiger partial charge is 0.481 e. The van der Waals surface area contributed by atoms with E-state index in [-0.39, 0.29) is 17.6 Å². The summed E-state index contributed by atoms with van der Waals surface area (Å²) in [6, 6.07) is 3.03. The lowest BCUT2D eigenvalue weighted by Gasteiger charge is -2.35. The molecule has 1 aliphatic heterocycles. The summed E-state index contributed by atoms with van der Waals surface area (Å²) in [5.74, 6) is -4.82. The van der Waals surface area contributed by atoms with Crippen molar-refractivity contribution in [1.82, 2.24) is 15.3 Å². The third kappa shape index (κ3) is 5.70. The van der Waals surface area contributed by atoms with Crippen molar-refractivity contribution in [2.45, 2.75) is 24.8 Å². The first-order valence-corrected chi connectivity index (χ1v) is 9.64. The SMILES string of the molecule is [2H]C([2H])(C(=O)O)C([2H])([2H])[C@H](NC(=O)c1ccc(NCC2CNc3nc(N)[nH]c(=O)c3N2C)cc1)C(=O)O. The van der Waals surface area contributed by atoms with Gasteiger partial charge in [0, 0.05) is 43.2 Å². The van der Waals surface area contributed by atoms with Crippen LogP contribution in [0.1, 0.15) is 28.6 Å². The Hall–Kier alpha value is -4.29. The molecule has 1 aliphatic rings. The summed E-state index contributed by atoms with van der Waals surface area (Å²) in [5, 5.41) is 26.4. The third-order valence-electron chi connectivity index (χ3n) is 4.85. The summed E-state index contributed by atoms with van der Waals surface area (Å²) in [6.45, 7) is 0.832. The van der Waals surface area contributed by atoms with Crippen molar-refractivity contribution in [2.24, 2.45) is 0 Å². The predicted octanol–water partition coefficient (Wildman–Crippen LogP) is -0.258. The Balaban J connectivity index is 1.67. The number of fused-ring (bicyclic) bond motifs is 1. The molecule has 0 saturated heterocycles. The Morgan fingerprint density at radius 1 is 1.33 bits per heavy atom. The van der Waals surface area contributed by atoms with Gasteiger partial charge >= 0.3 is 11.9 Å². The molecule has 176 valence electrons. The molecule has 1 amide bonds. The number of hydrogen-bond acceptors (Lipinski definition) is 9. The summed E-state index contributed by atoms with van der Waals surface area (Å²) in [5.41, 5.74) is 6.02. The molecular weight excluding hydrogens is 434 g/mol. The lowest BCUT2D eigenvalue weighted by Crippen LogP contribution is -2.48. The first-order valence-electron chi connectivity index (χ1n) is 11.6. The molecule has 1 unspecified atom stereocenters. The van der Waals surface area contributed by atoms with Crippen LogP contribution in [0.4, 0.5) is 23.1 Å². The van der Waals surface area contributed by atoms with E-state index in [2.05, 4.69) is 20.6 Å². The number of carboxylic acid groups (broad SMARTS) is 2. The van der Waals surface area contributed by atoms with Gasteiger partial charge in [-0.2, -0.15) is 4.98 Å². The molecule has 0 bridgehead atoms. The number of rotatable bonds is 9. The van der Waals surface area contributed by atoms with E-state index in [1.807, 2.05) is 5.32 Å². The normalized spacial score (nSPS) is 18.3. The summed E-state index contributed by atoms with van der Waals surface area (Å²) >= 11 is 0. The number of benzene rings is 1. The quantitative estimate of drug-likeness (QED) is 0.258. The monoisotopic (exact) mass is 463 g/mol. The van der Waals surface area contributed by atoms with Crippen LogP contribution >= 0.6 is 0 Å². The summed E-state index contributed by atoms with van der Waals surface area (Å²) in [4.78, 5) is 55.7. The molecule has 0 fully saturated rings. The van der Waals surface area contributed by atoms with Gasteiger partial charge in [0.15, 0.2) is 5.82 Å². The molecule has 13 nitrogen and oxygen atoms in total. The Bertz CT molecular complexity index is 1270. The highest BCUT2D eigenvalue weighted by molar-refractivity contribution is 5.96. The number of hydrogen-bond donors (Lipinski definition) is 7. The zero-order valence-corrected chi connectivity index (χ0v) is 17.4. The number of likely N-dealkylation sites (N-methyl/N-ethyl adjacent to an activating group) is 1. The standard InChI is InChI=1S/C20H25N7O6/c1-27-12(9-23-16-15(27)18(31)26-20(21)25-16)8-22-11-4-2-10(3-5-11)17(30)24-13(19(32)33)6-7-14(28)29/h2-5,12-13,22H,6-9H2,1H3,(H,24,30)(H,28,29)(H,32,33)(H4,21,23,25,26,31)/t12?,13-/m0/s1/i6D2,7D2. The average Bonchev–Trinajstić information content (AvgIpc) is 2.81. The third-order valence-corrected chi connectivity index (χ3v) is 4.85. The summed E-state index contributed by atoms with van der Waals surface area (Å²) in [7, 11) is 1.73. The molecule has 0 aliphatic carbocycles. The second-order valence-corrected chi connectivity index (χ2v) is 7.07. The molecule has 0 spiro atoms. The van der Waals surface area contributed by atoms with E-state index >= 15 is 0 Å². The van der Waals surface area contributed by atoms with Gasteiger partial charge in [-0.25, -0.2) is 4.79 Å². The molecule has 1 aromatic heterocycles. The van der Waals surface area contributed by atoms with Crippen LogP contribution < -0.4 is 32.1 Å². The fourth-order valence-electron chi connectivity index (χ4n) is 3.16. The van der Waals surface area contributed by atoms with Gasteiger partial charge in [-0.1, -0.05) is 0 Å². The molecule has 0 radical (unpaired) electrons. The number of nitrogen functional groups attached to an aromatic ring is 1. The number of carbonyl (C=O) groups is 3. The predicted molar refractivity (Wildman–Crippen MR) is 121 cm³/mol. The van der Waals surface area contributed by atoms with Gasteiger partial charge in [-0.3, -0.25) is 19.4 Å². The molecule has 3 rings (SSSR count). The average molecular weight is 463 g/mol. The number of aromatic nitrogens is 2. The maximum Gasteiger partial charge on any atom is 0.326 e. The minimum Gasteiger partial charge on any atom is -0.481 e. The first-order chi connectivity index (χ1) is 17.2. The highest BCUT2D eigenvalue weighted by atomic mass is 16.4. The summed E-state index contributed by atoms with van der Waals surface area (Å²) < 4.78 is 30.3. The molecule has 33 heavy (non-hydrogen) atoms. The van der Waals surface area contributed by atoms with E-state index in [4.69, 9.17) is 16.3 Å². The van der Waals surface area contributed by atoms with E-state index in [0.717, 1.165) is 0 Å². The van der Waals surface area contributed by atoms with Gasteiger partial charge < -0.3 is 36.8 Å². The van der Waals surface area contributed by atoms with Gasteiger partial charge in [0.25, 0.3) is 11.5 Å². The fourth-order valence-corrected chi connectivity index (χ4v) is 3.16. The maximum absolute atomic E-state index is 12.5. The van der Waals surface area contributed by atoms with Gasteiger partial charge in [0.2, 0.25) is 5.95 Å². The van der Waals surface area contributed by atoms with Crippen LogP contribution in [-0.4, -0.2) is 70.2 Å². The van der Waals surface area contributed by atoms with Crippen molar-refractivity contribution >= 4 is 41.0 Å². The fraction of sp³-hybridized carbons (Fsp3) is 0.350. The Labute approximate surface area is 193 Å². The van der Waals surface area contributed by atoms with Crippen molar-refractivity contribution in [1.29, 1.82) is 0 Å². The van der Waals surface area contributed by atoms with E-state index in [1.54, 1.807) is 11.9 Å². The number of aromatic amines is 1. The van der Waals surface area contributed by atoms with Crippen molar-refractivity contribution < 1.29 is 30.1 Å². The smallest absolute Gasteiger partial charge is 0.326 e. The molecule has 2 heterocycles. The highest BCUT2D eigenvalue weighted by Gasteiger charge is 2.27. The number of aliphatic carboxylic acids is 2. The second kappa shape index (κ2) is 9.89. The number of H-pyrrole nitrogens is 1. The Morgan fingerprint density at radius 2 is 2.03 bits per heavy atom. The van der Waals surface area contributed by atoms with Crippen molar-refractivity contribution in [3.8, 4) is 0 Å². The van der Waals surface area contributed by atoms with E-state index in [0.29, 0.717) is 30.3 Å². The van der Waals surface area contributed by atoms with Crippen LogP contribution in [0.5, 0.6) is 0 Å². The highest BCUT2D eigenvalue weighted by Crippen LogP contribution is 2.25. The molecule has 1 aromatic carbocycles. The second-order valence-electron chi connectivity index (χ2n) is 7.07. The zero-order valence-electron chi connectivity index (χ0n) is 21.4. The van der Waals surface area contributed by atoms with Crippen LogP contribution in [0.2, 0.25) is 0 Å². The van der Waals surface area contributed by atoms with Gasteiger partial charge in [-0.15, -0.1) is 0 Å². The maximum atomic E-state index is 12.5. The number of anilines is 4. The number of carboxylic acids is 2. The Morgan fingerprint density at radius 3 is 2.67 bits per heavy atom. The van der Waals surface area contributed by atoms with Crippen LogP contribution in [0.3, 0.4) is 0 Å². The van der Waals surface area contributed by atoms with E-state index < -0.39 is 42.2 Å². The summed E-state index contributed by atoms with van der Waals surface area (Å²) in [6.07, 6.45) is -7.06. The van der Waals surface area contributed by atoms with Crippen molar-refractivity contribution in [3.63, 3.8) is 0 Å². The van der Waals surface area contributed by atoms with Crippen LogP contribution in [0.25, 0.3) is 0 Å². The first kappa shape index (κ1) is 18.3. The molecule has 0 saturated carbocycles. The Kier molecular flexibility index (Phi) is 5.48. The van der Waals surface area contributed by atoms with E-state index in [1.165, 1.54) is 24.3 Å². The molecule has 8 N–H and O–H groups in total. The molecule has 13 heteroatoms. The van der Waals surface area contributed by atoms with Crippen molar-refractivity contribution in [3.05, 3.63) is 40.2 Å². The number of nitrogens with one attached hydrogen (secondary N) is 4. The minimum atomic E-state index is -3.59. The number of carbonyl (C=O) groups excluding carboxylic acids is 1. The van der Waals surface area contributed by atoms with E-state index in [9.17, 15) is 24.3 Å². The van der Waals surface area contributed by atoms with Crippen LogP contribution in [0, 0.1) is 0 Å². The van der Waals surface area contributed by atoms with Crippen LogP contribution in [0.15, 0.2) is 29.1 Å². The van der Waals surface area contributed by atoms with Crippen LogP contribution in [-0.2, 0) is 9.59 Å². The lowest BCUT2D eigenvalue weighted by atomic mass is 10.1. The molecular formula is C20H25N7O6. The topological polar surface area (TPSA) is 203 Å². The zero-order chi connectivity index (χ0) is 27.7. The van der Waals surface area contributed by atoms with Gasteiger partial charge in [0.1, 0.15) is 11.7 Å². The number of amides is 1. The molecule has 2 aromatic rings. The number of nitrogens with zero attached hydrogens (tertiary/aromatic N) is 2. The number of nitrogens with two attached hydrogens (primary N) is 1. The minimum absolute atomic E-state index is 0.00299. The van der Waals surface area contributed by atoms with Crippen molar-refractivity contribution in [2.75, 3.05) is 41.4 Å². The van der Waals surface area contributed by atoms with Gasteiger partial charge in [0.05, 0.1) is 6.04 Å². The molecule has 2 atom stereocenters.